The largest absolute Gasteiger partial charge is 0.319 e. The summed E-state index contributed by atoms with van der Waals surface area (Å²) in [6.07, 6.45) is 32.6. The fourth-order valence-electron chi connectivity index (χ4n) is 4.04. The molecule has 71 heavy (non-hydrogen) atoms. The smallest absolute Gasteiger partial charge is 0.250 e. The van der Waals surface area contributed by atoms with E-state index in [2.05, 4.69) is 75.2 Å². The lowest BCUT2D eigenvalue weighted by atomic mass is 10.3. The number of aryl methyl sites for hydroxylation is 10. The summed E-state index contributed by atoms with van der Waals surface area (Å²) >= 11 is 0. The monoisotopic (exact) mass is 953 g/mol. The van der Waals surface area contributed by atoms with Gasteiger partial charge in [0.05, 0.1) is 17.6 Å². The van der Waals surface area contributed by atoms with Crippen LogP contribution in [0.3, 0.4) is 0 Å². The molecule has 0 aliphatic carbocycles. The zero-order valence-corrected chi connectivity index (χ0v) is 42.2. The normalized spacial score (nSPS) is 8.76. The Morgan fingerprint density at radius 1 is 0.338 bits per heavy atom. The second-order valence-corrected chi connectivity index (χ2v) is 14.4. The molecule has 0 aliphatic heterocycles. The first kappa shape index (κ1) is 59.9. The SMILES string of the molecule is Cc1ccccn1.Cc1cccnc1.Cc1cccnn1.Cc1ccncc1.Cc1ccncn1.Cc1ccnnc1.Cc1cnccn1.Cc1cncnc1.Cc1ncccn1.Cn1ccccc1=O. The van der Waals surface area contributed by atoms with Gasteiger partial charge in [-0.3, -0.25) is 29.7 Å². The second kappa shape index (κ2) is 41.1. The van der Waals surface area contributed by atoms with Crippen molar-refractivity contribution in [2.75, 3.05) is 0 Å². The van der Waals surface area contributed by atoms with Gasteiger partial charge in [-0.2, -0.15) is 20.4 Å². The number of nitrogens with zero attached hydrogens (tertiary/aromatic N) is 16. The van der Waals surface area contributed by atoms with Gasteiger partial charge in [0.25, 0.3) is 0 Å². The van der Waals surface area contributed by atoms with Gasteiger partial charge >= 0.3 is 0 Å². The first-order chi connectivity index (χ1) is 34.3. The van der Waals surface area contributed by atoms with E-state index >= 15 is 0 Å². The number of aromatic nitrogens is 16. The van der Waals surface area contributed by atoms with Gasteiger partial charge in [-0.1, -0.05) is 18.2 Å². The zero-order chi connectivity index (χ0) is 52.0. The molecule has 0 fully saturated rings. The Balaban J connectivity index is 0.000000395. The first-order valence-corrected chi connectivity index (χ1v) is 22.0. The third-order valence-electron chi connectivity index (χ3n) is 7.72. The molecule has 0 saturated carbocycles. The summed E-state index contributed by atoms with van der Waals surface area (Å²) in [5.74, 6) is 0.822. The minimum atomic E-state index is 0.0347. The highest BCUT2D eigenvalue weighted by molar-refractivity contribution is 5.06. The van der Waals surface area contributed by atoms with Crippen molar-refractivity contribution >= 4 is 0 Å². The second-order valence-electron chi connectivity index (χ2n) is 14.4. The van der Waals surface area contributed by atoms with Crippen molar-refractivity contribution in [1.29, 1.82) is 0 Å². The Labute approximate surface area is 417 Å². The Kier molecular flexibility index (Phi) is 34.7. The molecule has 0 spiro atoms. The molecule has 17 nitrogen and oxygen atoms in total. The summed E-state index contributed by atoms with van der Waals surface area (Å²) in [4.78, 5) is 52.9. The molecule has 0 saturated heterocycles. The van der Waals surface area contributed by atoms with E-state index in [1.165, 1.54) is 34.4 Å². The molecular formula is C54H64N16O. The van der Waals surface area contributed by atoms with Crippen LogP contribution >= 0.6 is 0 Å². The highest BCUT2D eigenvalue weighted by Crippen LogP contribution is 1.91. The molecule has 10 aromatic rings. The van der Waals surface area contributed by atoms with Crippen LogP contribution in [-0.4, -0.2) is 79.8 Å². The van der Waals surface area contributed by atoms with Gasteiger partial charge < -0.3 is 4.57 Å². The predicted molar refractivity (Wildman–Crippen MR) is 279 cm³/mol. The molecule has 0 atom stereocenters. The van der Waals surface area contributed by atoms with E-state index < -0.39 is 0 Å². The summed E-state index contributed by atoms with van der Waals surface area (Å²) in [5, 5.41) is 14.6. The van der Waals surface area contributed by atoms with Crippen LogP contribution in [0.1, 0.15) is 50.9 Å². The summed E-state index contributed by atoms with van der Waals surface area (Å²) in [5.41, 5.74) is 8.75. The predicted octanol–water partition coefficient (Wildman–Crippen LogP) is 9.27. The third kappa shape index (κ3) is 38.7. The lowest BCUT2D eigenvalue weighted by molar-refractivity contribution is 0.860. The fourth-order valence-corrected chi connectivity index (χ4v) is 4.04. The van der Waals surface area contributed by atoms with Gasteiger partial charge in [0, 0.05) is 124 Å². The van der Waals surface area contributed by atoms with Gasteiger partial charge in [-0.25, -0.2) is 29.9 Å². The van der Waals surface area contributed by atoms with Crippen molar-refractivity contribution in [2.45, 2.75) is 62.3 Å². The topological polar surface area (TPSA) is 215 Å². The van der Waals surface area contributed by atoms with Crippen LogP contribution in [0.15, 0.2) is 214 Å². The molecule has 0 bridgehead atoms. The molecule has 0 unspecified atom stereocenters. The minimum Gasteiger partial charge on any atom is -0.319 e. The molecule has 10 rings (SSSR count). The molecule has 0 aliphatic rings. The maximum Gasteiger partial charge on any atom is 0.250 e. The fraction of sp³-hybridized carbons (Fsp3) is 0.185. The Bertz CT molecular complexity index is 2200. The Hall–Kier alpha value is -9.12. The van der Waals surface area contributed by atoms with E-state index in [1.807, 2.05) is 141 Å². The van der Waals surface area contributed by atoms with Crippen molar-refractivity contribution < 1.29 is 0 Å². The Morgan fingerprint density at radius 3 is 1.24 bits per heavy atom. The van der Waals surface area contributed by atoms with E-state index in [1.54, 1.807) is 118 Å². The Morgan fingerprint density at radius 2 is 0.944 bits per heavy atom. The van der Waals surface area contributed by atoms with E-state index in [0.717, 1.165) is 39.7 Å². The van der Waals surface area contributed by atoms with E-state index in [0.29, 0.717) is 0 Å². The zero-order valence-electron chi connectivity index (χ0n) is 42.2. The van der Waals surface area contributed by atoms with Gasteiger partial charge in [0.2, 0.25) is 5.56 Å². The highest BCUT2D eigenvalue weighted by atomic mass is 16.1. The molecule has 366 valence electrons. The van der Waals surface area contributed by atoms with Crippen molar-refractivity contribution in [3.8, 4) is 0 Å². The summed E-state index contributed by atoms with van der Waals surface area (Å²) in [6.45, 7) is 17.6. The lowest BCUT2D eigenvalue weighted by Gasteiger charge is -1.89. The minimum absolute atomic E-state index is 0.0347. The van der Waals surface area contributed by atoms with Crippen LogP contribution in [0.4, 0.5) is 0 Å². The standard InChI is InChI=1S/C6H7NO.3C6H7N.6C5H6N2/c1-7-5-3-2-4-6(7)8;1-6-2-4-7-5-3-6;1-6-3-2-4-7-5-6;1-6-4-2-3-5-7-6;1-5-2-6-4-7-3-5;1-5-4-6-2-3-7-5;1-5-2-3-6-4-7-5;1-5-2-3-6-7-4-5;1-5-6-3-2-4-7-5;1-5-3-2-4-6-7-5/h2-5H,1H3;3*2-5H,1H3;6*2-4H,1H3. The van der Waals surface area contributed by atoms with Gasteiger partial charge in [0.1, 0.15) is 18.5 Å². The van der Waals surface area contributed by atoms with Crippen LogP contribution < -0.4 is 5.56 Å². The average molecular weight is 953 g/mol. The van der Waals surface area contributed by atoms with E-state index in [9.17, 15) is 4.79 Å². The van der Waals surface area contributed by atoms with Crippen LogP contribution in [-0.2, 0) is 7.05 Å². The quantitative estimate of drug-likeness (QED) is 0.138. The van der Waals surface area contributed by atoms with Crippen LogP contribution in [0.2, 0.25) is 0 Å². The molecule has 0 aromatic carbocycles. The molecule has 10 heterocycles. The molecular weight excluding hydrogens is 889 g/mol. The van der Waals surface area contributed by atoms with Crippen LogP contribution in [0.5, 0.6) is 0 Å². The van der Waals surface area contributed by atoms with E-state index in [4.69, 9.17) is 0 Å². The number of rotatable bonds is 0. The maximum absolute atomic E-state index is 10.6. The van der Waals surface area contributed by atoms with Crippen LogP contribution in [0, 0.1) is 62.3 Å². The molecule has 10 aromatic heterocycles. The first-order valence-electron chi connectivity index (χ1n) is 22.0. The van der Waals surface area contributed by atoms with Crippen molar-refractivity contribution in [1.82, 2.24) is 79.8 Å². The highest BCUT2D eigenvalue weighted by Gasteiger charge is 1.81. The van der Waals surface area contributed by atoms with Crippen molar-refractivity contribution in [3.05, 3.63) is 270 Å². The van der Waals surface area contributed by atoms with Gasteiger partial charge in [-0.15, -0.1) is 0 Å². The molecule has 0 radical (unpaired) electrons. The molecule has 17 heteroatoms. The number of hydrogen-bond donors (Lipinski definition) is 0. The summed E-state index contributed by atoms with van der Waals surface area (Å²) in [6, 6.07) is 28.2. The van der Waals surface area contributed by atoms with Crippen molar-refractivity contribution in [3.63, 3.8) is 0 Å². The number of hydrogen-bond acceptors (Lipinski definition) is 16. The maximum atomic E-state index is 10.6. The van der Waals surface area contributed by atoms with Crippen molar-refractivity contribution in [2.24, 2.45) is 7.05 Å². The van der Waals surface area contributed by atoms with Crippen LogP contribution in [0.25, 0.3) is 0 Å². The third-order valence-corrected chi connectivity index (χ3v) is 7.72. The van der Waals surface area contributed by atoms with Gasteiger partial charge in [0.15, 0.2) is 0 Å². The molecule has 0 N–H and O–H groups in total. The lowest BCUT2D eigenvalue weighted by Crippen LogP contribution is -2.12. The number of pyridine rings is 4. The summed E-state index contributed by atoms with van der Waals surface area (Å²) < 4.78 is 1.53. The average Bonchev–Trinajstić information content (AvgIpc) is 3.39. The summed E-state index contributed by atoms with van der Waals surface area (Å²) in [7, 11) is 1.72. The van der Waals surface area contributed by atoms with E-state index in [-0.39, 0.29) is 5.56 Å². The molecule has 0 amide bonds. The van der Waals surface area contributed by atoms with Gasteiger partial charge in [-0.05, 0) is 151 Å².